The molecule has 0 aliphatic heterocycles. The predicted octanol–water partition coefficient (Wildman–Crippen LogP) is 5.60. The van der Waals surface area contributed by atoms with Crippen LogP contribution in [-0.4, -0.2) is 49.7 Å². The van der Waals surface area contributed by atoms with Crippen molar-refractivity contribution in [2.45, 2.75) is 39.5 Å². The van der Waals surface area contributed by atoms with E-state index in [2.05, 4.69) is 69.5 Å². The number of nitrogens with zero attached hydrogens (tertiary/aromatic N) is 2. The van der Waals surface area contributed by atoms with Gasteiger partial charge in [0.05, 0.1) is 18.7 Å². The fraction of sp³-hybridized carbons (Fsp3) is 0.423. The Bertz CT molecular complexity index is 1180. The fourth-order valence-corrected chi connectivity index (χ4v) is 3.62. The van der Waals surface area contributed by atoms with Crippen molar-refractivity contribution in [3.05, 3.63) is 46.1 Å². The van der Waals surface area contributed by atoms with Crippen molar-refractivity contribution in [3.63, 3.8) is 0 Å². The molecule has 3 aromatic rings. The summed E-state index contributed by atoms with van der Waals surface area (Å²) in [7, 11) is 2.90. The molecule has 0 saturated carbocycles. The van der Waals surface area contributed by atoms with Crippen molar-refractivity contribution in [1.82, 2.24) is 15.3 Å². The first-order valence-electron chi connectivity index (χ1n) is 12.0. The number of furan rings is 1. The van der Waals surface area contributed by atoms with Crippen molar-refractivity contribution in [3.8, 4) is 23.5 Å². The highest BCUT2D eigenvalue weighted by Crippen LogP contribution is 2.36. The monoisotopic (exact) mass is 575 g/mol. The van der Waals surface area contributed by atoms with Crippen LogP contribution >= 0.6 is 15.9 Å². The Morgan fingerprint density at radius 1 is 1.03 bits per heavy atom. The number of benzene rings is 1. The number of methoxy groups -OCH3 is 2. The van der Waals surface area contributed by atoms with Gasteiger partial charge >= 0.3 is 0 Å². The first kappa shape index (κ1) is 28.3. The highest BCUT2D eigenvalue weighted by molar-refractivity contribution is 9.10. The molecule has 0 unspecified atom stereocenters. The number of hydrogen-bond donors (Lipinski definition) is 3. The Morgan fingerprint density at radius 3 is 2.35 bits per heavy atom. The summed E-state index contributed by atoms with van der Waals surface area (Å²) in [6.45, 7) is 10.8. The Hall–Kier alpha value is -3.31. The number of hydrogen-bond acceptors (Lipinski definition) is 9. The Balaban J connectivity index is 1.73. The van der Waals surface area contributed by atoms with Crippen LogP contribution in [0.15, 0.2) is 39.2 Å². The lowest BCUT2D eigenvalue weighted by atomic mass is 9.87. The summed E-state index contributed by atoms with van der Waals surface area (Å²) in [6.07, 6.45) is 1.05. The van der Waals surface area contributed by atoms with E-state index in [9.17, 15) is 4.79 Å². The van der Waals surface area contributed by atoms with Gasteiger partial charge in [-0.3, -0.25) is 4.79 Å². The van der Waals surface area contributed by atoms with Gasteiger partial charge in [-0.15, -0.1) is 0 Å². The largest absolute Gasteiger partial charge is 0.479 e. The SMILES string of the molecule is CCCNCCNc1nc(OC)c(NC(=O)c2ccc(Oc3cc(C(C)(C)C)ccc3Br)o2)c(OC)n1. The first-order chi connectivity index (χ1) is 17.7. The van der Waals surface area contributed by atoms with Gasteiger partial charge in [-0.25, -0.2) is 0 Å². The molecule has 0 bridgehead atoms. The van der Waals surface area contributed by atoms with Gasteiger partial charge in [-0.05, 0) is 58.1 Å². The molecular weight excluding hydrogens is 542 g/mol. The van der Waals surface area contributed by atoms with Gasteiger partial charge in [-0.2, -0.15) is 9.97 Å². The second-order valence-electron chi connectivity index (χ2n) is 9.19. The summed E-state index contributed by atoms with van der Waals surface area (Å²) < 4.78 is 23.1. The van der Waals surface area contributed by atoms with E-state index < -0.39 is 5.91 Å². The van der Waals surface area contributed by atoms with E-state index in [0.29, 0.717) is 18.2 Å². The van der Waals surface area contributed by atoms with Crippen molar-refractivity contribution in [1.29, 1.82) is 0 Å². The number of aromatic nitrogens is 2. The van der Waals surface area contributed by atoms with Gasteiger partial charge in [0.2, 0.25) is 17.7 Å². The molecule has 0 aliphatic carbocycles. The van der Waals surface area contributed by atoms with Gasteiger partial charge in [0, 0.05) is 19.2 Å². The molecule has 200 valence electrons. The lowest BCUT2D eigenvalue weighted by Gasteiger charge is -2.20. The normalized spacial score (nSPS) is 11.2. The first-order valence-corrected chi connectivity index (χ1v) is 12.8. The molecule has 0 radical (unpaired) electrons. The van der Waals surface area contributed by atoms with Crippen molar-refractivity contribution < 1.29 is 23.4 Å². The number of halogens is 1. The molecule has 0 aliphatic rings. The number of amides is 1. The molecule has 0 saturated heterocycles. The summed E-state index contributed by atoms with van der Waals surface area (Å²) in [6, 6.07) is 8.99. The molecule has 0 fully saturated rings. The van der Waals surface area contributed by atoms with Crippen LogP contribution in [0.25, 0.3) is 0 Å². The van der Waals surface area contributed by atoms with Crippen LogP contribution in [0.3, 0.4) is 0 Å². The second kappa shape index (κ2) is 12.8. The van der Waals surface area contributed by atoms with Crippen LogP contribution in [0, 0.1) is 0 Å². The van der Waals surface area contributed by atoms with Gasteiger partial charge in [0.15, 0.2) is 11.4 Å². The molecule has 1 aromatic carbocycles. The second-order valence-corrected chi connectivity index (χ2v) is 10.0. The maximum atomic E-state index is 13.0. The number of ether oxygens (including phenoxy) is 3. The van der Waals surface area contributed by atoms with E-state index >= 15 is 0 Å². The third kappa shape index (κ3) is 7.59. The molecule has 2 aromatic heterocycles. The zero-order valence-electron chi connectivity index (χ0n) is 22.0. The summed E-state index contributed by atoms with van der Waals surface area (Å²) in [5, 5.41) is 9.11. The Labute approximate surface area is 225 Å². The molecule has 0 spiro atoms. The van der Waals surface area contributed by atoms with E-state index in [4.69, 9.17) is 18.6 Å². The molecule has 11 heteroatoms. The van der Waals surface area contributed by atoms with E-state index in [1.54, 1.807) is 6.07 Å². The molecule has 37 heavy (non-hydrogen) atoms. The van der Waals surface area contributed by atoms with Crippen LogP contribution in [-0.2, 0) is 5.41 Å². The van der Waals surface area contributed by atoms with E-state index in [-0.39, 0.29) is 34.6 Å². The molecular formula is C26H34BrN5O5. The van der Waals surface area contributed by atoms with Crippen LogP contribution in [0.2, 0.25) is 0 Å². The third-order valence-electron chi connectivity index (χ3n) is 5.29. The summed E-state index contributed by atoms with van der Waals surface area (Å²) in [4.78, 5) is 21.6. The topological polar surface area (TPSA) is 120 Å². The van der Waals surface area contributed by atoms with Gasteiger partial charge < -0.3 is 34.6 Å². The Morgan fingerprint density at radius 2 is 1.73 bits per heavy atom. The van der Waals surface area contributed by atoms with Crippen LogP contribution in [0.5, 0.6) is 23.5 Å². The standard InChI is InChI=1S/C26H34BrN5O5/c1-7-12-28-13-14-29-25-31-23(34-5)21(24(32-25)35-6)30-22(33)18-10-11-20(36-18)37-19-15-16(26(2,3)4)8-9-17(19)27/h8-11,15,28H,7,12-14H2,1-6H3,(H,30,33)(H,29,31,32). The third-order valence-corrected chi connectivity index (χ3v) is 5.95. The maximum Gasteiger partial charge on any atom is 0.291 e. The summed E-state index contributed by atoms with van der Waals surface area (Å²) >= 11 is 3.50. The minimum atomic E-state index is -0.540. The van der Waals surface area contributed by atoms with Gasteiger partial charge in [-0.1, -0.05) is 33.8 Å². The summed E-state index contributed by atoms with van der Waals surface area (Å²) in [5.41, 5.74) is 1.23. The Kier molecular flexibility index (Phi) is 9.76. The minimum Gasteiger partial charge on any atom is -0.479 e. The van der Waals surface area contributed by atoms with E-state index in [1.807, 2.05) is 18.2 Å². The molecule has 3 rings (SSSR count). The molecule has 0 atom stereocenters. The number of rotatable bonds is 12. The molecule has 3 N–H and O–H groups in total. The number of carbonyl (C=O) groups is 1. The van der Waals surface area contributed by atoms with Crippen LogP contribution < -0.4 is 30.2 Å². The van der Waals surface area contributed by atoms with Crippen LogP contribution in [0.1, 0.15) is 50.2 Å². The van der Waals surface area contributed by atoms with Gasteiger partial charge in [0.25, 0.3) is 11.9 Å². The quantitative estimate of drug-likeness (QED) is 0.237. The minimum absolute atomic E-state index is 0.0337. The highest BCUT2D eigenvalue weighted by Gasteiger charge is 2.22. The zero-order valence-corrected chi connectivity index (χ0v) is 23.6. The molecule has 10 nitrogen and oxygen atoms in total. The van der Waals surface area contributed by atoms with Crippen molar-refractivity contribution in [2.75, 3.05) is 44.5 Å². The fourth-order valence-electron chi connectivity index (χ4n) is 3.30. The summed E-state index contributed by atoms with van der Waals surface area (Å²) in [5.74, 6) is 0.863. The van der Waals surface area contributed by atoms with Crippen molar-refractivity contribution >= 4 is 33.5 Å². The maximum absolute atomic E-state index is 13.0. The van der Waals surface area contributed by atoms with Crippen molar-refractivity contribution in [2.24, 2.45) is 0 Å². The van der Waals surface area contributed by atoms with E-state index in [1.165, 1.54) is 20.3 Å². The smallest absolute Gasteiger partial charge is 0.291 e. The average molecular weight is 576 g/mol. The zero-order chi connectivity index (χ0) is 27.0. The lowest BCUT2D eigenvalue weighted by molar-refractivity contribution is 0.0990. The number of nitrogens with one attached hydrogen (secondary N) is 3. The average Bonchev–Trinajstić information content (AvgIpc) is 3.33. The number of carbonyl (C=O) groups excluding carboxylic acids is 1. The van der Waals surface area contributed by atoms with Crippen LogP contribution in [0.4, 0.5) is 11.6 Å². The lowest BCUT2D eigenvalue weighted by Crippen LogP contribution is -2.23. The number of anilines is 2. The molecule has 1 amide bonds. The highest BCUT2D eigenvalue weighted by atomic mass is 79.9. The van der Waals surface area contributed by atoms with E-state index in [0.717, 1.165) is 29.5 Å². The predicted molar refractivity (Wildman–Crippen MR) is 146 cm³/mol. The van der Waals surface area contributed by atoms with Gasteiger partial charge in [0.1, 0.15) is 5.75 Å². The molecule has 2 heterocycles.